The largest absolute Gasteiger partial charge is 0.422 e. The maximum Gasteiger partial charge on any atom is 0.344 e. The first-order valence-electron chi connectivity index (χ1n) is 12.4. The molecular weight excluding hydrogens is 472 g/mol. The summed E-state index contributed by atoms with van der Waals surface area (Å²) >= 11 is 0. The minimum absolute atomic E-state index is 0.279. The monoisotopic (exact) mass is 492 g/mol. The van der Waals surface area contributed by atoms with E-state index < -0.39 is 0 Å². The van der Waals surface area contributed by atoms with Crippen molar-refractivity contribution >= 4 is 65.0 Å². The first kappa shape index (κ1) is 22.0. The van der Waals surface area contributed by atoms with Crippen LogP contribution in [0.3, 0.4) is 0 Å². The Labute approximate surface area is 216 Å². The van der Waals surface area contributed by atoms with Gasteiger partial charge in [-0.15, -0.1) is 0 Å². The van der Waals surface area contributed by atoms with Gasteiger partial charge in [-0.1, -0.05) is 97.1 Å². The summed E-state index contributed by atoms with van der Waals surface area (Å²) in [5, 5.41) is 9.69. The maximum absolute atomic E-state index is 12.0. The summed E-state index contributed by atoms with van der Waals surface area (Å²) in [5.41, 5.74) is 0.724. The molecule has 180 valence electrons. The normalized spacial score (nSPS) is 11.4. The van der Waals surface area contributed by atoms with E-state index in [1.165, 1.54) is 0 Å². The van der Waals surface area contributed by atoms with Crippen LogP contribution in [0.4, 0.5) is 0 Å². The van der Waals surface area contributed by atoms with Crippen LogP contribution in [0.25, 0.3) is 65.0 Å². The molecule has 4 nitrogen and oxygen atoms in total. The lowest BCUT2D eigenvalue weighted by Gasteiger charge is -2.06. The van der Waals surface area contributed by atoms with Gasteiger partial charge in [0.1, 0.15) is 11.2 Å². The molecule has 0 radical (unpaired) electrons. The van der Waals surface area contributed by atoms with E-state index in [1.54, 1.807) is 0 Å². The second kappa shape index (κ2) is 8.71. The summed E-state index contributed by atoms with van der Waals surface area (Å²) < 4.78 is 10.9. The topological polar surface area (TPSA) is 60.4 Å². The zero-order chi connectivity index (χ0) is 25.6. The van der Waals surface area contributed by atoms with Crippen molar-refractivity contribution in [3.63, 3.8) is 0 Å². The van der Waals surface area contributed by atoms with Crippen molar-refractivity contribution in [1.82, 2.24) is 0 Å². The lowest BCUT2D eigenvalue weighted by atomic mass is 10.0. The molecule has 0 aliphatic carbocycles. The summed E-state index contributed by atoms with van der Waals surface area (Å²) in [6.07, 6.45) is 0. The smallest absolute Gasteiger partial charge is 0.344 e. The summed E-state index contributed by atoms with van der Waals surface area (Å²) in [7, 11) is 0. The molecule has 4 heteroatoms. The SMILES string of the molecule is O=c1oc2ccc3ccccc3c2c2ccccc12.O=c1oc2ccc3ccccc3c2c2ccccc12. The molecule has 0 bridgehead atoms. The van der Waals surface area contributed by atoms with E-state index >= 15 is 0 Å². The predicted molar refractivity (Wildman–Crippen MR) is 155 cm³/mol. The molecule has 0 N–H and O–H groups in total. The molecule has 8 aromatic rings. The third-order valence-corrected chi connectivity index (χ3v) is 7.02. The molecule has 6 aromatic carbocycles. The van der Waals surface area contributed by atoms with Crippen molar-refractivity contribution in [3.05, 3.63) is 142 Å². The Morgan fingerprint density at radius 2 is 0.684 bits per heavy atom. The maximum atomic E-state index is 12.0. The number of hydrogen-bond donors (Lipinski definition) is 0. The Hall–Kier alpha value is -5.22. The fourth-order valence-electron chi connectivity index (χ4n) is 5.30. The van der Waals surface area contributed by atoms with Gasteiger partial charge in [-0.05, 0) is 45.8 Å². The predicted octanol–water partition coefficient (Wildman–Crippen LogP) is 8.20. The van der Waals surface area contributed by atoms with E-state index in [1.807, 2.05) is 97.1 Å². The minimum Gasteiger partial charge on any atom is -0.422 e. The molecule has 0 saturated carbocycles. The highest BCUT2D eigenvalue weighted by Crippen LogP contribution is 2.31. The fraction of sp³-hybridized carbons (Fsp3) is 0. The molecule has 0 aliphatic rings. The molecule has 0 saturated heterocycles. The molecule has 0 fully saturated rings. The van der Waals surface area contributed by atoms with Gasteiger partial charge in [-0.2, -0.15) is 0 Å². The van der Waals surface area contributed by atoms with Gasteiger partial charge < -0.3 is 8.83 Å². The van der Waals surface area contributed by atoms with Gasteiger partial charge in [0, 0.05) is 21.5 Å². The third kappa shape index (κ3) is 3.46. The second-order valence-corrected chi connectivity index (χ2v) is 9.19. The molecule has 0 atom stereocenters. The van der Waals surface area contributed by atoms with Gasteiger partial charge in [0.2, 0.25) is 0 Å². The highest BCUT2D eigenvalue weighted by molar-refractivity contribution is 6.19. The lowest BCUT2D eigenvalue weighted by Crippen LogP contribution is -1.99. The van der Waals surface area contributed by atoms with Crippen LogP contribution in [0.1, 0.15) is 0 Å². The average Bonchev–Trinajstić information content (AvgIpc) is 2.97. The first-order chi connectivity index (χ1) is 18.7. The van der Waals surface area contributed by atoms with Crippen LogP contribution in [-0.2, 0) is 0 Å². The van der Waals surface area contributed by atoms with Gasteiger partial charge in [-0.3, -0.25) is 0 Å². The number of benzene rings is 6. The molecule has 0 aliphatic heterocycles. The summed E-state index contributed by atoms with van der Waals surface area (Å²) in [5.74, 6) is 0. The van der Waals surface area contributed by atoms with Crippen molar-refractivity contribution < 1.29 is 8.83 Å². The van der Waals surface area contributed by atoms with Gasteiger partial charge >= 0.3 is 11.3 Å². The van der Waals surface area contributed by atoms with E-state index in [9.17, 15) is 9.59 Å². The van der Waals surface area contributed by atoms with Crippen molar-refractivity contribution in [3.8, 4) is 0 Å². The number of fused-ring (bicyclic) bond motifs is 10. The Balaban J connectivity index is 0.000000127. The zero-order valence-corrected chi connectivity index (χ0v) is 20.2. The number of hydrogen-bond acceptors (Lipinski definition) is 4. The van der Waals surface area contributed by atoms with Crippen LogP contribution >= 0.6 is 0 Å². The van der Waals surface area contributed by atoms with Crippen LogP contribution in [0.2, 0.25) is 0 Å². The van der Waals surface area contributed by atoms with Crippen LogP contribution in [0, 0.1) is 0 Å². The van der Waals surface area contributed by atoms with E-state index in [2.05, 4.69) is 24.3 Å². The summed E-state index contributed by atoms with van der Waals surface area (Å²) in [6.45, 7) is 0. The standard InChI is InChI=1S/2C17H10O2/c2*18-17-14-8-4-3-7-13(14)16-12-6-2-1-5-11(12)9-10-15(16)19-17/h2*1-10H. The molecule has 0 amide bonds. The lowest BCUT2D eigenvalue weighted by molar-refractivity contribution is 0.569. The van der Waals surface area contributed by atoms with Gasteiger partial charge in [0.25, 0.3) is 0 Å². The highest BCUT2D eigenvalue weighted by Gasteiger charge is 2.10. The van der Waals surface area contributed by atoms with Crippen molar-refractivity contribution in [1.29, 1.82) is 0 Å². The van der Waals surface area contributed by atoms with Crippen molar-refractivity contribution in [2.75, 3.05) is 0 Å². The average molecular weight is 493 g/mol. The summed E-state index contributed by atoms with van der Waals surface area (Å²) in [6, 6.07) is 39.1. The van der Waals surface area contributed by atoms with Crippen molar-refractivity contribution in [2.45, 2.75) is 0 Å². The Bertz CT molecular complexity index is 2130. The van der Waals surface area contributed by atoms with Gasteiger partial charge in [-0.25, -0.2) is 9.59 Å². The Morgan fingerprint density at radius 1 is 0.342 bits per heavy atom. The quantitative estimate of drug-likeness (QED) is 0.158. The van der Waals surface area contributed by atoms with Gasteiger partial charge in [0.05, 0.1) is 10.8 Å². The van der Waals surface area contributed by atoms with Crippen LogP contribution in [0.15, 0.2) is 140 Å². The Morgan fingerprint density at radius 3 is 1.11 bits per heavy atom. The molecule has 38 heavy (non-hydrogen) atoms. The van der Waals surface area contributed by atoms with Crippen LogP contribution in [-0.4, -0.2) is 0 Å². The van der Waals surface area contributed by atoms with Crippen LogP contribution in [0.5, 0.6) is 0 Å². The second-order valence-electron chi connectivity index (χ2n) is 9.19. The highest BCUT2D eigenvalue weighted by atomic mass is 16.4. The van der Waals surface area contributed by atoms with Crippen molar-refractivity contribution in [2.24, 2.45) is 0 Å². The number of rotatable bonds is 0. The summed E-state index contributed by atoms with van der Waals surface area (Å²) in [4.78, 5) is 23.9. The molecular formula is C34H20O4. The molecule has 0 spiro atoms. The zero-order valence-electron chi connectivity index (χ0n) is 20.2. The first-order valence-corrected chi connectivity index (χ1v) is 12.4. The molecule has 8 rings (SSSR count). The molecule has 0 unspecified atom stereocenters. The minimum atomic E-state index is -0.279. The van der Waals surface area contributed by atoms with E-state index in [0.717, 1.165) is 43.1 Å². The Kier molecular flexibility index (Phi) is 5.05. The van der Waals surface area contributed by atoms with E-state index in [0.29, 0.717) is 21.9 Å². The van der Waals surface area contributed by atoms with Gasteiger partial charge in [0.15, 0.2) is 0 Å². The third-order valence-electron chi connectivity index (χ3n) is 7.02. The van der Waals surface area contributed by atoms with E-state index in [-0.39, 0.29) is 11.3 Å². The molecule has 2 aromatic heterocycles. The van der Waals surface area contributed by atoms with E-state index in [4.69, 9.17) is 8.83 Å². The fourth-order valence-corrected chi connectivity index (χ4v) is 5.30. The van der Waals surface area contributed by atoms with Crippen LogP contribution < -0.4 is 11.3 Å². The molecule has 2 heterocycles.